The van der Waals surface area contributed by atoms with Crippen molar-refractivity contribution in [2.24, 2.45) is 0 Å². The van der Waals surface area contributed by atoms with Crippen LogP contribution in [0.25, 0.3) is 11.3 Å². The zero-order valence-electron chi connectivity index (χ0n) is 19.6. The Kier molecular flexibility index (Phi) is 9.90. The highest BCUT2D eigenvalue weighted by atomic mass is 28.3. The van der Waals surface area contributed by atoms with E-state index >= 15 is 0 Å². The molecule has 0 N–H and O–H groups in total. The maximum Gasteiger partial charge on any atom is 0.203 e. The van der Waals surface area contributed by atoms with Crippen molar-refractivity contribution in [1.82, 2.24) is 9.78 Å². The molecule has 0 aliphatic heterocycles. The molecule has 0 amide bonds. The van der Waals surface area contributed by atoms with Gasteiger partial charge in [-0.2, -0.15) is 5.10 Å². The zero-order chi connectivity index (χ0) is 23.9. The summed E-state index contributed by atoms with van der Waals surface area (Å²) in [5.74, 6) is -4.10. The van der Waals surface area contributed by atoms with E-state index in [4.69, 9.17) is 18.9 Å². The lowest BCUT2D eigenvalue weighted by Crippen LogP contribution is -2.22. The van der Waals surface area contributed by atoms with E-state index in [-0.39, 0.29) is 18.9 Å². The Labute approximate surface area is 188 Å². The first-order valence-corrected chi connectivity index (χ1v) is 14.4. The van der Waals surface area contributed by atoms with Crippen LogP contribution < -0.4 is 0 Å². The monoisotopic (exact) mass is 474 g/mol. The van der Waals surface area contributed by atoms with Crippen molar-refractivity contribution < 1.29 is 32.1 Å². The van der Waals surface area contributed by atoms with E-state index in [9.17, 15) is 13.2 Å². The molecule has 0 saturated carbocycles. The molecular formula is C22H33F3N2O4Si. The van der Waals surface area contributed by atoms with Crippen LogP contribution in [0, 0.1) is 17.5 Å². The van der Waals surface area contributed by atoms with Crippen LogP contribution in [0.2, 0.25) is 25.7 Å². The van der Waals surface area contributed by atoms with Gasteiger partial charge in [-0.15, -0.1) is 0 Å². The van der Waals surface area contributed by atoms with Gasteiger partial charge >= 0.3 is 0 Å². The summed E-state index contributed by atoms with van der Waals surface area (Å²) in [6.45, 7) is 11.7. The standard InChI is InChI=1S/C22H33F3N2O4Si/c1-7-30-22(31-8-2)20-16(13-28-3)21(15-11-17(23)19(25)18(24)12-15)27(26-20)14-29-9-10-32(4,5)6/h11-12,22H,7-10,13-14H2,1-6H3. The molecule has 0 aliphatic rings. The number of halogens is 3. The minimum atomic E-state index is -1.53. The number of ether oxygens (including phenoxy) is 4. The molecule has 0 radical (unpaired) electrons. The highest BCUT2D eigenvalue weighted by Gasteiger charge is 2.27. The SMILES string of the molecule is CCOC(OCC)c1nn(COCC[Si](C)(C)C)c(-c2cc(F)c(F)c(F)c2)c1COC. The Morgan fingerprint density at radius 2 is 1.62 bits per heavy atom. The third-order valence-corrected chi connectivity index (χ3v) is 6.40. The molecule has 0 spiro atoms. The van der Waals surface area contributed by atoms with Crippen LogP contribution in [-0.2, 0) is 32.3 Å². The second-order valence-electron chi connectivity index (χ2n) is 8.49. The second kappa shape index (κ2) is 11.9. The number of nitrogens with zero attached hydrogens (tertiary/aromatic N) is 2. The molecule has 180 valence electrons. The number of rotatable bonds is 13. The molecule has 0 aliphatic carbocycles. The van der Waals surface area contributed by atoms with E-state index in [1.165, 1.54) is 11.8 Å². The summed E-state index contributed by atoms with van der Waals surface area (Å²) >= 11 is 0. The van der Waals surface area contributed by atoms with Gasteiger partial charge in [0, 0.05) is 46.1 Å². The summed E-state index contributed by atoms with van der Waals surface area (Å²) < 4.78 is 65.8. The quantitative estimate of drug-likeness (QED) is 0.166. The average molecular weight is 475 g/mol. The summed E-state index contributed by atoms with van der Waals surface area (Å²) in [4.78, 5) is 0. The third-order valence-electron chi connectivity index (χ3n) is 4.70. The van der Waals surface area contributed by atoms with E-state index in [0.29, 0.717) is 36.8 Å². The molecule has 1 aromatic carbocycles. The minimum Gasteiger partial charge on any atom is -0.380 e. The molecule has 6 nitrogen and oxygen atoms in total. The largest absolute Gasteiger partial charge is 0.380 e. The van der Waals surface area contributed by atoms with Gasteiger partial charge in [-0.1, -0.05) is 19.6 Å². The minimum absolute atomic E-state index is 0.0438. The normalized spacial score (nSPS) is 12.2. The van der Waals surface area contributed by atoms with Crippen molar-refractivity contribution in [3.63, 3.8) is 0 Å². The van der Waals surface area contributed by atoms with Crippen LogP contribution >= 0.6 is 0 Å². The van der Waals surface area contributed by atoms with Gasteiger partial charge in [-0.25, -0.2) is 17.9 Å². The summed E-state index contributed by atoms with van der Waals surface area (Å²) in [7, 11) is 0.190. The molecule has 10 heteroatoms. The Bertz CT molecular complexity index is 858. The van der Waals surface area contributed by atoms with Crippen molar-refractivity contribution >= 4 is 8.07 Å². The van der Waals surface area contributed by atoms with Crippen molar-refractivity contribution in [2.75, 3.05) is 26.9 Å². The first-order valence-electron chi connectivity index (χ1n) is 10.7. The van der Waals surface area contributed by atoms with Crippen LogP contribution in [0.4, 0.5) is 13.2 Å². The summed E-state index contributed by atoms with van der Waals surface area (Å²) in [6.07, 6.45) is -0.799. The lowest BCUT2D eigenvalue weighted by atomic mass is 10.0. The van der Waals surface area contributed by atoms with Gasteiger partial charge in [-0.05, 0) is 32.0 Å². The smallest absolute Gasteiger partial charge is 0.203 e. The molecule has 2 aromatic rings. The Morgan fingerprint density at radius 3 is 2.12 bits per heavy atom. The van der Waals surface area contributed by atoms with Gasteiger partial charge in [0.2, 0.25) is 6.29 Å². The number of aromatic nitrogens is 2. The predicted molar refractivity (Wildman–Crippen MR) is 118 cm³/mol. The number of hydrogen-bond acceptors (Lipinski definition) is 5. The summed E-state index contributed by atoms with van der Waals surface area (Å²) in [6, 6.07) is 2.82. The van der Waals surface area contributed by atoms with E-state index in [1.807, 2.05) is 13.8 Å². The Morgan fingerprint density at radius 1 is 1.03 bits per heavy atom. The average Bonchev–Trinajstić information content (AvgIpc) is 3.06. The predicted octanol–water partition coefficient (Wildman–Crippen LogP) is 5.50. The van der Waals surface area contributed by atoms with Crippen LogP contribution in [-0.4, -0.2) is 44.8 Å². The molecule has 0 saturated heterocycles. The van der Waals surface area contributed by atoms with Crippen LogP contribution in [0.1, 0.15) is 31.4 Å². The molecular weight excluding hydrogens is 441 g/mol. The fourth-order valence-electron chi connectivity index (χ4n) is 3.14. The first-order chi connectivity index (χ1) is 15.1. The fraction of sp³-hybridized carbons (Fsp3) is 0.591. The lowest BCUT2D eigenvalue weighted by Gasteiger charge is -2.16. The fourth-order valence-corrected chi connectivity index (χ4v) is 3.90. The highest BCUT2D eigenvalue weighted by Crippen LogP contribution is 2.34. The van der Waals surface area contributed by atoms with Crippen LogP contribution in [0.5, 0.6) is 0 Å². The Hall–Kier alpha value is -1.72. The molecule has 0 fully saturated rings. The molecule has 1 heterocycles. The lowest BCUT2D eigenvalue weighted by molar-refractivity contribution is -0.143. The van der Waals surface area contributed by atoms with Gasteiger partial charge in [0.1, 0.15) is 12.4 Å². The number of methoxy groups -OCH3 is 1. The van der Waals surface area contributed by atoms with Crippen LogP contribution in [0.3, 0.4) is 0 Å². The third kappa shape index (κ3) is 6.89. The van der Waals surface area contributed by atoms with Crippen molar-refractivity contribution in [2.45, 2.75) is 59.2 Å². The van der Waals surface area contributed by atoms with Gasteiger partial charge in [0.05, 0.1) is 12.3 Å². The van der Waals surface area contributed by atoms with Crippen molar-refractivity contribution in [3.05, 3.63) is 40.8 Å². The van der Waals surface area contributed by atoms with E-state index in [1.54, 1.807) is 0 Å². The zero-order valence-corrected chi connectivity index (χ0v) is 20.6. The molecule has 0 unspecified atom stereocenters. The van der Waals surface area contributed by atoms with Gasteiger partial charge in [-0.3, -0.25) is 0 Å². The van der Waals surface area contributed by atoms with Gasteiger partial charge in [0.15, 0.2) is 17.5 Å². The molecule has 0 bridgehead atoms. The van der Waals surface area contributed by atoms with E-state index in [0.717, 1.165) is 18.2 Å². The number of hydrogen-bond donors (Lipinski definition) is 0. The van der Waals surface area contributed by atoms with Crippen molar-refractivity contribution in [1.29, 1.82) is 0 Å². The van der Waals surface area contributed by atoms with E-state index < -0.39 is 31.8 Å². The van der Waals surface area contributed by atoms with Crippen molar-refractivity contribution in [3.8, 4) is 11.3 Å². The molecule has 32 heavy (non-hydrogen) atoms. The molecule has 1 aromatic heterocycles. The topological polar surface area (TPSA) is 54.7 Å². The number of benzene rings is 1. The highest BCUT2D eigenvalue weighted by molar-refractivity contribution is 6.76. The van der Waals surface area contributed by atoms with Gasteiger partial charge in [0.25, 0.3) is 0 Å². The summed E-state index contributed by atoms with van der Waals surface area (Å²) in [5.41, 5.74) is 1.42. The first kappa shape index (κ1) is 26.5. The van der Waals surface area contributed by atoms with Crippen LogP contribution in [0.15, 0.2) is 12.1 Å². The maximum atomic E-state index is 14.1. The Balaban J connectivity index is 2.57. The second-order valence-corrected chi connectivity index (χ2v) is 14.1. The molecule has 2 rings (SSSR count). The summed E-state index contributed by atoms with van der Waals surface area (Å²) in [5, 5.41) is 4.59. The molecule has 0 atom stereocenters. The van der Waals surface area contributed by atoms with E-state index in [2.05, 4.69) is 24.7 Å². The van der Waals surface area contributed by atoms with Gasteiger partial charge < -0.3 is 18.9 Å². The maximum absolute atomic E-state index is 14.1.